The zero-order valence-electron chi connectivity index (χ0n) is 23.4. The van der Waals surface area contributed by atoms with Crippen LogP contribution in [0, 0.1) is 5.82 Å². The van der Waals surface area contributed by atoms with Crippen LogP contribution in [0.2, 0.25) is 0 Å². The number of aromatic nitrogens is 2. The number of Topliss-reactive ketones (excluding diaryl/α,β-unsaturated/α-hetero) is 1. The molecule has 43 heavy (non-hydrogen) atoms. The molecular formula is C31H26FN3O6S2. The van der Waals surface area contributed by atoms with Crippen molar-refractivity contribution < 1.29 is 33.3 Å². The van der Waals surface area contributed by atoms with Gasteiger partial charge in [0.15, 0.2) is 15.8 Å². The van der Waals surface area contributed by atoms with Crippen LogP contribution in [0.3, 0.4) is 0 Å². The quantitative estimate of drug-likeness (QED) is 0.0843. The molecule has 12 heteroatoms. The van der Waals surface area contributed by atoms with Crippen LogP contribution in [0.15, 0.2) is 70.6 Å². The fourth-order valence-electron chi connectivity index (χ4n) is 5.18. The number of hydrogen-bond donors (Lipinski definition) is 1. The lowest BCUT2D eigenvalue weighted by Crippen LogP contribution is -2.29. The molecule has 0 saturated carbocycles. The number of ether oxygens (including phenoxy) is 3. The van der Waals surface area contributed by atoms with Gasteiger partial charge in [0.1, 0.15) is 23.4 Å². The first-order valence-electron chi connectivity index (χ1n) is 13.3. The number of carbonyl (C=O) groups excluding carboxylic acids is 2. The van der Waals surface area contributed by atoms with E-state index in [4.69, 9.17) is 14.2 Å². The van der Waals surface area contributed by atoms with Gasteiger partial charge in [-0.25, -0.2) is 4.39 Å². The number of methoxy groups -OCH3 is 2. The number of aliphatic hydroxyl groups excluding tert-OH is 1. The second-order valence-electron chi connectivity index (χ2n) is 10.0. The van der Waals surface area contributed by atoms with E-state index in [-0.39, 0.29) is 28.4 Å². The minimum Gasteiger partial charge on any atom is -0.507 e. The summed E-state index contributed by atoms with van der Waals surface area (Å²) in [5, 5.41) is 20.3. The molecule has 1 amide bonds. The molecule has 2 aliphatic heterocycles. The molecule has 3 aromatic carbocycles. The molecule has 0 radical (unpaired) electrons. The Labute approximate surface area is 254 Å². The average molecular weight is 620 g/mol. The lowest BCUT2D eigenvalue weighted by molar-refractivity contribution is -0.132. The van der Waals surface area contributed by atoms with Crippen LogP contribution in [0.25, 0.3) is 5.76 Å². The van der Waals surface area contributed by atoms with Crippen molar-refractivity contribution in [3.63, 3.8) is 0 Å². The number of thioether (sulfide) groups is 1. The van der Waals surface area contributed by atoms with E-state index in [9.17, 15) is 19.1 Å². The third-order valence-corrected chi connectivity index (χ3v) is 9.34. The first kappa shape index (κ1) is 28.7. The van der Waals surface area contributed by atoms with Crippen molar-refractivity contribution in [3.8, 4) is 17.2 Å². The van der Waals surface area contributed by atoms with Crippen LogP contribution >= 0.6 is 23.1 Å². The molecule has 1 saturated heterocycles. The number of hydrogen-bond acceptors (Lipinski definition) is 10. The Balaban J connectivity index is 1.41. The van der Waals surface area contributed by atoms with Crippen molar-refractivity contribution in [2.24, 2.45) is 0 Å². The summed E-state index contributed by atoms with van der Waals surface area (Å²) in [4.78, 5) is 28.5. The molecule has 220 valence electrons. The largest absolute Gasteiger partial charge is 0.507 e. The van der Waals surface area contributed by atoms with E-state index < -0.39 is 17.7 Å². The van der Waals surface area contributed by atoms with Gasteiger partial charge in [0, 0.05) is 17.7 Å². The van der Waals surface area contributed by atoms with Gasteiger partial charge in [-0.15, -0.1) is 10.2 Å². The van der Waals surface area contributed by atoms with Crippen molar-refractivity contribution >= 4 is 45.7 Å². The zero-order valence-corrected chi connectivity index (χ0v) is 25.0. The standard InChI is InChI=1S/C31H26FN3O6S2/c1-16-12-20-13-19(7-10-22(20)41-16)27(36)25-26(18-6-11-23(39-2)24(14-18)40-3)35(29(38)28(25)37)30-33-34-31(43-30)42-15-17-4-8-21(32)9-5-17/h4-11,13-14,16,26,36H,12,15H2,1-3H3/b27-25+. The minimum atomic E-state index is -1.02. The highest BCUT2D eigenvalue weighted by atomic mass is 32.2. The number of fused-ring (bicyclic) bond motifs is 1. The normalized spacial score (nSPS) is 18.9. The predicted octanol–water partition coefficient (Wildman–Crippen LogP) is 5.94. The van der Waals surface area contributed by atoms with Gasteiger partial charge in [-0.2, -0.15) is 0 Å². The summed E-state index contributed by atoms with van der Waals surface area (Å²) in [6, 6.07) is 15.4. The van der Waals surface area contributed by atoms with E-state index in [1.165, 1.54) is 43.0 Å². The third-order valence-electron chi connectivity index (χ3n) is 7.21. The Morgan fingerprint density at radius 1 is 1.07 bits per heavy atom. The maximum atomic E-state index is 13.6. The maximum Gasteiger partial charge on any atom is 0.301 e. The number of benzene rings is 3. The van der Waals surface area contributed by atoms with Crippen molar-refractivity contribution in [3.05, 3.63) is 94.3 Å². The van der Waals surface area contributed by atoms with Gasteiger partial charge in [-0.3, -0.25) is 14.5 Å². The molecular weight excluding hydrogens is 593 g/mol. The topological polar surface area (TPSA) is 111 Å². The van der Waals surface area contributed by atoms with Gasteiger partial charge in [0.25, 0.3) is 5.78 Å². The molecule has 0 spiro atoms. The van der Waals surface area contributed by atoms with E-state index in [2.05, 4.69) is 10.2 Å². The molecule has 1 fully saturated rings. The first-order chi connectivity index (χ1) is 20.8. The lowest BCUT2D eigenvalue weighted by Gasteiger charge is -2.23. The number of ketones is 1. The van der Waals surface area contributed by atoms with Gasteiger partial charge in [0.2, 0.25) is 5.13 Å². The molecule has 9 nitrogen and oxygen atoms in total. The Morgan fingerprint density at radius 2 is 1.84 bits per heavy atom. The van der Waals surface area contributed by atoms with Crippen molar-refractivity contribution in [2.75, 3.05) is 19.1 Å². The fraction of sp³-hybridized carbons (Fsp3) is 0.226. The predicted molar refractivity (Wildman–Crippen MR) is 160 cm³/mol. The molecule has 3 heterocycles. The van der Waals surface area contributed by atoms with Gasteiger partial charge in [0.05, 0.1) is 25.8 Å². The number of halogens is 1. The van der Waals surface area contributed by atoms with Crippen LogP contribution in [0.4, 0.5) is 9.52 Å². The molecule has 2 atom stereocenters. The molecule has 1 aromatic heterocycles. The Hall–Kier alpha value is -4.42. The molecule has 1 N–H and O–H groups in total. The minimum absolute atomic E-state index is 0.00253. The van der Waals surface area contributed by atoms with Gasteiger partial charge >= 0.3 is 5.91 Å². The summed E-state index contributed by atoms with van der Waals surface area (Å²) >= 11 is 2.52. The van der Waals surface area contributed by atoms with Gasteiger partial charge in [-0.05, 0) is 66.1 Å². The van der Waals surface area contributed by atoms with E-state index >= 15 is 0 Å². The average Bonchev–Trinajstić information content (AvgIpc) is 3.70. The Morgan fingerprint density at radius 3 is 2.58 bits per heavy atom. The number of nitrogens with zero attached hydrogens (tertiary/aromatic N) is 3. The van der Waals surface area contributed by atoms with E-state index in [1.807, 2.05) is 6.92 Å². The van der Waals surface area contributed by atoms with Crippen molar-refractivity contribution in [2.45, 2.75) is 35.6 Å². The SMILES string of the molecule is COc1ccc(C2/C(=C(\O)c3ccc4c(c3)CC(C)O4)C(=O)C(=O)N2c2nnc(SCc3ccc(F)cc3)s2)cc1OC. The second kappa shape index (κ2) is 11.7. The van der Waals surface area contributed by atoms with Crippen molar-refractivity contribution in [1.29, 1.82) is 0 Å². The van der Waals surface area contributed by atoms with Crippen LogP contribution in [-0.2, 0) is 21.8 Å². The summed E-state index contributed by atoms with van der Waals surface area (Å²) in [7, 11) is 3.00. The lowest BCUT2D eigenvalue weighted by atomic mass is 9.94. The van der Waals surface area contributed by atoms with Crippen LogP contribution in [-0.4, -0.2) is 47.3 Å². The summed E-state index contributed by atoms with van der Waals surface area (Å²) in [5.41, 5.74) is 2.61. The molecule has 6 rings (SSSR count). The van der Waals surface area contributed by atoms with Crippen LogP contribution in [0.5, 0.6) is 17.2 Å². The number of aliphatic hydroxyl groups is 1. The molecule has 0 bridgehead atoms. The molecule has 4 aromatic rings. The summed E-state index contributed by atoms with van der Waals surface area (Å²) in [5.74, 6) is -0.232. The summed E-state index contributed by atoms with van der Waals surface area (Å²) < 4.78 is 30.5. The summed E-state index contributed by atoms with van der Waals surface area (Å²) in [6.45, 7) is 1.95. The molecule has 2 aliphatic rings. The number of rotatable bonds is 8. The first-order valence-corrected chi connectivity index (χ1v) is 15.1. The van der Waals surface area contributed by atoms with Gasteiger partial charge < -0.3 is 19.3 Å². The third kappa shape index (κ3) is 5.43. The monoisotopic (exact) mass is 619 g/mol. The van der Waals surface area contributed by atoms with Gasteiger partial charge in [-0.1, -0.05) is 41.3 Å². The maximum absolute atomic E-state index is 13.6. The fourth-order valence-corrected chi connectivity index (χ4v) is 7.00. The van der Waals surface area contributed by atoms with E-state index in [0.29, 0.717) is 39.1 Å². The highest BCUT2D eigenvalue weighted by Crippen LogP contribution is 2.46. The molecule has 2 unspecified atom stereocenters. The highest BCUT2D eigenvalue weighted by Gasteiger charge is 2.48. The Kier molecular flexibility index (Phi) is 7.80. The second-order valence-corrected chi connectivity index (χ2v) is 12.2. The Bertz CT molecular complexity index is 1760. The number of amides is 1. The smallest absolute Gasteiger partial charge is 0.301 e. The zero-order chi connectivity index (χ0) is 30.2. The van der Waals surface area contributed by atoms with E-state index in [1.54, 1.807) is 48.5 Å². The number of anilines is 1. The number of carbonyl (C=O) groups is 2. The van der Waals surface area contributed by atoms with Crippen LogP contribution < -0.4 is 19.1 Å². The van der Waals surface area contributed by atoms with Crippen LogP contribution in [0.1, 0.15) is 35.2 Å². The van der Waals surface area contributed by atoms with E-state index in [0.717, 1.165) is 28.2 Å². The summed E-state index contributed by atoms with van der Waals surface area (Å²) in [6.07, 6.45) is 0.657. The highest BCUT2D eigenvalue weighted by molar-refractivity contribution is 8.00. The van der Waals surface area contributed by atoms with Crippen molar-refractivity contribution in [1.82, 2.24) is 10.2 Å². The molecule has 0 aliphatic carbocycles.